The Morgan fingerprint density at radius 2 is 1.08 bits per heavy atom. The number of rotatable bonds is 14. The van der Waals surface area contributed by atoms with Gasteiger partial charge in [0.1, 0.15) is 6.54 Å². The molecule has 1 rings (SSSR count). The Hall–Kier alpha value is -0.820. The van der Waals surface area contributed by atoms with Gasteiger partial charge in [-0.25, -0.2) is 0 Å². The minimum atomic E-state index is 1.07. The summed E-state index contributed by atoms with van der Waals surface area (Å²) in [5.41, 5.74) is 2.98. The second-order valence-corrected chi connectivity index (χ2v) is 8.16. The van der Waals surface area contributed by atoms with Crippen LogP contribution < -0.4 is 0 Å². The van der Waals surface area contributed by atoms with E-state index >= 15 is 0 Å². The first-order chi connectivity index (χ1) is 11.6. The number of aryl methyl sites for hydroxylation is 1. The van der Waals surface area contributed by atoms with Crippen molar-refractivity contribution in [1.82, 2.24) is 0 Å². The summed E-state index contributed by atoms with van der Waals surface area (Å²) < 4.78 is 1.07. The fourth-order valence-corrected chi connectivity index (χ4v) is 3.23. The van der Waals surface area contributed by atoms with Crippen LogP contribution in [0.2, 0.25) is 0 Å². The number of quaternary nitrogens is 1. The van der Waals surface area contributed by atoms with Crippen LogP contribution in [0.1, 0.15) is 89.2 Å². The van der Waals surface area contributed by atoms with Crippen molar-refractivity contribution in [3.05, 3.63) is 35.4 Å². The molecule has 0 bridgehead atoms. The first-order valence-corrected chi connectivity index (χ1v) is 10.5. The van der Waals surface area contributed by atoms with Gasteiger partial charge >= 0.3 is 0 Å². The van der Waals surface area contributed by atoms with E-state index in [-0.39, 0.29) is 0 Å². The van der Waals surface area contributed by atoms with E-state index in [0.29, 0.717) is 0 Å². The summed E-state index contributed by atoms with van der Waals surface area (Å²) in [7, 11) is 4.61. The van der Waals surface area contributed by atoms with Crippen LogP contribution in [0.5, 0.6) is 0 Å². The summed E-state index contributed by atoms with van der Waals surface area (Å²) in [6, 6.07) is 9.36. The van der Waals surface area contributed by atoms with E-state index in [4.69, 9.17) is 0 Å². The Morgan fingerprint density at radius 1 is 0.625 bits per heavy atom. The predicted octanol–water partition coefficient (Wildman–Crippen LogP) is 6.75. The van der Waals surface area contributed by atoms with E-state index in [1.54, 1.807) is 0 Å². The highest BCUT2D eigenvalue weighted by Crippen LogP contribution is 2.14. The van der Waals surface area contributed by atoms with Gasteiger partial charge in [0.15, 0.2) is 0 Å². The van der Waals surface area contributed by atoms with Crippen LogP contribution in [0.4, 0.5) is 0 Å². The molecule has 0 atom stereocenters. The maximum absolute atomic E-state index is 2.35. The van der Waals surface area contributed by atoms with E-state index in [1.165, 1.54) is 88.3 Å². The molecule has 0 saturated heterocycles. The van der Waals surface area contributed by atoms with Crippen LogP contribution in [0, 0.1) is 0 Å². The van der Waals surface area contributed by atoms with E-state index in [1.807, 2.05) is 0 Å². The zero-order valence-electron chi connectivity index (χ0n) is 16.9. The van der Waals surface area contributed by atoms with Crippen molar-refractivity contribution in [2.45, 2.75) is 91.0 Å². The predicted molar refractivity (Wildman–Crippen MR) is 108 cm³/mol. The van der Waals surface area contributed by atoms with E-state index in [0.717, 1.165) is 11.0 Å². The zero-order chi connectivity index (χ0) is 17.7. The third-order valence-corrected chi connectivity index (χ3v) is 5.31. The number of benzene rings is 1. The molecule has 0 aliphatic rings. The van der Waals surface area contributed by atoms with Crippen molar-refractivity contribution in [3.63, 3.8) is 0 Å². The van der Waals surface area contributed by atoms with Gasteiger partial charge < -0.3 is 4.48 Å². The lowest BCUT2D eigenvalue weighted by Crippen LogP contribution is -2.38. The number of hydrogen-bond donors (Lipinski definition) is 0. The Bertz CT molecular complexity index is 405. The Balaban J connectivity index is 2.07. The monoisotopic (exact) mass is 332 g/mol. The molecule has 0 aromatic heterocycles. The highest BCUT2D eigenvalue weighted by molar-refractivity contribution is 5.22. The van der Waals surface area contributed by atoms with Gasteiger partial charge in [-0.05, 0) is 25.3 Å². The third-order valence-electron chi connectivity index (χ3n) is 5.31. The molecule has 0 fully saturated rings. The van der Waals surface area contributed by atoms with E-state index < -0.39 is 0 Å². The molecule has 0 radical (unpaired) electrons. The minimum Gasteiger partial charge on any atom is -0.325 e. The van der Waals surface area contributed by atoms with E-state index in [2.05, 4.69) is 52.2 Å². The van der Waals surface area contributed by atoms with Crippen molar-refractivity contribution in [1.29, 1.82) is 0 Å². The van der Waals surface area contributed by atoms with Gasteiger partial charge in [0.2, 0.25) is 0 Å². The SMILES string of the molecule is CCCCCCCCCCCCc1ccc(C[N+](C)(C)CC)cc1. The quantitative estimate of drug-likeness (QED) is 0.261. The molecule has 0 unspecified atom stereocenters. The summed E-state index contributed by atoms with van der Waals surface area (Å²) in [5, 5.41) is 0. The average Bonchev–Trinajstić information content (AvgIpc) is 2.58. The molecule has 0 aliphatic heterocycles. The molecule has 1 aromatic carbocycles. The van der Waals surface area contributed by atoms with Gasteiger partial charge in [-0.15, -0.1) is 0 Å². The third kappa shape index (κ3) is 10.1. The molecule has 24 heavy (non-hydrogen) atoms. The topological polar surface area (TPSA) is 0 Å². The van der Waals surface area contributed by atoms with Crippen LogP contribution in [0.25, 0.3) is 0 Å². The van der Waals surface area contributed by atoms with Gasteiger partial charge in [0, 0.05) is 5.56 Å². The van der Waals surface area contributed by atoms with Crippen molar-refractivity contribution >= 4 is 0 Å². The fourth-order valence-electron chi connectivity index (χ4n) is 3.23. The van der Waals surface area contributed by atoms with Gasteiger partial charge in [0.25, 0.3) is 0 Å². The maximum Gasteiger partial charge on any atom is 0.104 e. The molecule has 1 aromatic rings. The number of unbranched alkanes of at least 4 members (excludes halogenated alkanes) is 9. The summed E-state index contributed by atoms with van der Waals surface area (Å²) in [5.74, 6) is 0. The Morgan fingerprint density at radius 3 is 1.58 bits per heavy atom. The molecule has 1 heteroatoms. The second kappa shape index (κ2) is 12.5. The summed E-state index contributed by atoms with van der Waals surface area (Å²) >= 11 is 0. The van der Waals surface area contributed by atoms with Crippen LogP contribution >= 0.6 is 0 Å². The standard InChI is InChI=1S/C23H42N/c1-5-7-8-9-10-11-12-13-14-15-16-22-17-19-23(20-18-22)21-24(3,4)6-2/h17-20H,5-16,21H2,1-4H3/q+1. The van der Waals surface area contributed by atoms with Crippen molar-refractivity contribution in [2.24, 2.45) is 0 Å². The molecule has 138 valence electrons. The van der Waals surface area contributed by atoms with Crippen LogP contribution in [0.15, 0.2) is 24.3 Å². The molecule has 1 nitrogen and oxygen atoms in total. The van der Waals surface area contributed by atoms with Gasteiger partial charge in [-0.2, -0.15) is 0 Å². The molecular formula is C23H42N+. The summed E-state index contributed by atoms with van der Waals surface area (Å²) in [4.78, 5) is 0. The second-order valence-electron chi connectivity index (χ2n) is 8.16. The Labute approximate surface area is 152 Å². The maximum atomic E-state index is 2.35. The highest BCUT2D eigenvalue weighted by Gasteiger charge is 2.12. The fraction of sp³-hybridized carbons (Fsp3) is 0.739. The average molecular weight is 333 g/mol. The molecule has 0 N–H and O–H groups in total. The normalized spacial score (nSPS) is 11.8. The van der Waals surface area contributed by atoms with Crippen molar-refractivity contribution in [3.8, 4) is 0 Å². The van der Waals surface area contributed by atoms with Crippen LogP contribution in [-0.4, -0.2) is 25.1 Å². The molecule has 0 heterocycles. The zero-order valence-corrected chi connectivity index (χ0v) is 16.9. The molecule has 0 aliphatic carbocycles. The minimum absolute atomic E-state index is 1.07. The van der Waals surface area contributed by atoms with Gasteiger partial charge in [-0.3, -0.25) is 0 Å². The highest BCUT2D eigenvalue weighted by atomic mass is 15.3. The van der Waals surface area contributed by atoms with Crippen molar-refractivity contribution < 1.29 is 4.48 Å². The molecule has 0 amide bonds. The van der Waals surface area contributed by atoms with Crippen LogP contribution in [-0.2, 0) is 13.0 Å². The lowest BCUT2D eigenvalue weighted by Gasteiger charge is -2.28. The summed E-state index contributed by atoms with van der Waals surface area (Å²) in [6.07, 6.45) is 15.4. The number of hydrogen-bond acceptors (Lipinski definition) is 0. The smallest absolute Gasteiger partial charge is 0.104 e. The summed E-state index contributed by atoms with van der Waals surface area (Å²) in [6.45, 7) is 6.87. The van der Waals surface area contributed by atoms with Gasteiger partial charge in [-0.1, -0.05) is 89.0 Å². The molecule has 0 saturated carbocycles. The first-order valence-electron chi connectivity index (χ1n) is 10.5. The molecular weight excluding hydrogens is 290 g/mol. The van der Waals surface area contributed by atoms with Gasteiger partial charge in [0.05, 0.1) is 20.6 Å². The number of nitrogens with zero attached hydrogens (tertiary/aromatic N) is 1. The van der Waals surface area contributed by atoms with Crippen LogP contribution in [0.3, 0.4) is 0 Å². The van der Waals surface area contributed by atoms with E-state index in [9.17, 15) is 0 Å². The largest absolute Gasteiger partial charge is 0.325 e. The lowest BCUT2D eigenvalue weighted by atomic mass is 10.0. The lowest BCUT2D eigenvalue weighted by molar-refractivity contribution is -0.901. The molecule has 0 spiro atoms. The first kappa shape index (κ1) is 21.2. The Kier molecular flexibility index (Phi) is 11.1. The van der Waals surface area contributed by atoms with Crippen molar-refractivity contribution in [2.75, 3.05) is 20.6 Å².